The SMILES string of the molecule is NC1CCN(Cc2cnn(Cc3ccc(F)cc3)c2)CC1. The van der Waals surface area contributed by atoms with Crippen LogP contribution in [-0.2, 0) is 13.1 Å². The summed E-state index contributed by atoms with van der Waals surface area (Å²) in [5.41, 5.74) is 8.19. The maximum absolute atomic E-state index is 12.9. The van der Waals surface area contributed by atoms with E-state index in [9.17, 15) is 4.39 Å². The average molecular weight is 288 g/mol. The second-order valence-corrected chi connectivity index (χ2v) is 5.79. The molecule has 1 aliphatic heterocycles. The zero-order valence-electron chi connectivity index (χ0n) is 12.1. The lowest BCUT2D eigenvalue weighted by atomic mass is 10.1. The topological polar surface area (TPSA) is 47.1 Å². The van der Waals surface area contributed by atoms with Crippen LogP contribution in [0.3, 0.4) is 0 Å². The number of rotatable bonds is 4. The highest BCUT2D eigenvalue weighted by molar-refractivity contribution is 5.16. The van der Waals surface area contributed by atoms with Gasteiger partial charge < -0.3 is 5.73 Å². The number of nitrogens with two attached hydrogens (primary N) is 1. The molecule has 1 aliphatic rings. The first-order chi connectivity index (χ1) is 10.2. The fourth-order valence-electron chi connectivity index (χ4n) is 2.72. The van der Waals surface area contributed by atoms with Gasteiger partial charge in [-0.3, -0.25) is 9.58 Å². The molecule has 2 N–H and O–H groups in total. The van der Waals surface area contributed by atoms with Crippen molar-refractivity contribution < 1.29 is 4.39 Å². The predicted octanol–water partition coefficient (Wildman–Crippen LogP) is 1.99. The van der Waals surface area contributed by atoms with Crippen LogP contribution in [0, 0.1) is 5.82 Å². The lowest BCUT2D eigenvalue weighted by molar-refractivity contribution is 0.205. The van der Waals surface area contributed by atoms with Crippen molar-refractivity contribution in [2.75, 3.05) is 13.1 Å². The average Bonchev–Trinajstić information content (AvgIpc) is 2.91. The Labute approximate surface area is 124 Å². The molecule has 0 atom stereocenters. The van der Waals surface area contributed by atoms with E-state index in [1.165, 1.54) is 17.7 Å². The molecule has 1 aromatic carbocycles. The zero-order valence-corrected chi connectivity index (χ0v) is 12.1. The van der Waals surface area contributed by atoms with Crippen molar-refractivity contribution in [2.24, 2.45) is 5.73 Å². The number of hydrogen-bond donors (Lipinski definition) is 1. The van der Waals surface area contributed by atoms with E-state index in [2.05, 4.69) is 16.2 Å². The van der Waals surface area contributed by atoms with E-state index in [1.807, 2.05) is 10.9 Å². The van der Waals surface area contributed by atoms with Crippen LogP contribution in [0.25, 0.3) is 0 Å². The molecule has 4 nitrogen and oxygen atoms in total. The second kappa shape index (κ2) is 6.37. The molecular weight excluding hydrogens is 267 g/mol. The van der Waals surface area contributed by atoms with Crippen molar-refractivity contribution in [3.63, 3.8) is 0 Å². The fourth-order valence-corrected chi connectivity index (χ4v) is 2.72. The van der Waals surface area contributed by atoms with E-state index in [0.29, 0.717) is 12.6 Å². The largest absolute Gasteiger partial charge is 0.328 e. The molecule has 0 radical (unpaired) electrons. The van der Waals surface area contributed by atoms with Crippen LogP contribution in [0.5, 0.6) is 0 Å². The van der Waals surface area contributed by atoms with Gasteiger partial charge in [0.2, 0.25) is 0 Å². The number of benzene rings is 1. The third-order valence-corrected chi connectivity index (χ3v) is 3.98. The van der Waals surface area contributed by atoms with Crippen molar-refractivity contribution in [3.05, 3.63) is 53.6 Å². The summed E-state index contributed by atoms with van der Waals surface area (Å²) < 4.78 is 14.8. The molecule has 0 saturated carbocycles. The van der Waals surface area contributed by atoms with Gasteiger partial charge in [0.15, 0.2) is 0 Å². The van der Waals surface area contributed by atoms with E-state index < -0.39 is 0 Å². The fraction of sp³-hybridized carbons (Fsp3) is 0.438. The van der Waals surface area contributed by atoms with Crippen LogP contribution in [0.4, 0.5) is 4.39 Å². The van der Waals surface area contributed by atoms with Gasteiger partial charge in [-0.1, -0.05) is 12.1 Å². The highest BCUT2D eigenvalue weighted by atomic mass is 19.1. The van der Waals surface area contributed by atoms with E-state index in [1.54, 1.807) is 12.1 Å². The van der Waals surface area contributed by atoms with Gasteiger partial charge in [0.1, 0.15) is 5.82 Å². The smallest absolute Gasteiger partial charge is 0.123 e. The standard InChI is InChI=1S/C16H21FN4/c17-15-3-1-13(2-4-15)11-21-12-14(9-19-21)10-20-7-5-16(18)6-8-20/h1-4,9,12,16H,5-8,10-11,18H2. The molecule has 1 saturated heterocycles. The minimum Gasteiger partial charge on any atom is -0.328 e. The molecule has 2 heterocycles. The molecular formula is C16H21FN4. The number of piperidine rings is 1. The Morgan fingerprint density at radius 3 is 2.52 bits per heavy atom. The van der Waals surface area contributed by atoms with Crippen molar-refractivity contribution >= 4 is 0 Å². The Kier molecular flexibility index (Phi) is 4.31. The number of nitrogens with zero attached hydrogens (tertiary/aromatic N) is 3. The number of aromatic nitrogens is 2. The molecule has 21 heavy (non-hydrogen) atoms. The third kappa shape index (κ3) is 3.89. The van der Waals surface area contributed by atoms with E-state index in [0.717, 1.165) is 38.0 Å². The van der Waals surface area contributed by atoms with Crippen LogP contribution in [0.2, 0.25) is 0 Å². The van der Waals surface area contributed by atoms with E-state index in [-0.39, 0.29) is 5.82 Å². The quantitative estimate of drug-likeness (QED) is 0.936. The summed E-state index contributed by atoms with van der Waals surface area (Å²) in [5.74, 6) is -0.205. The molecule has 0 spiro atoms. The summed E-state index contributed by atoms with van der Waals surface area (Å²) in [7, 11) is 0. The van der Waals surface area contributed by atoms with E-state index >= 15 is 0 Å². The molecule has 1 aromatic heterocycles. The minimum atomic E-state index is -0.205. The van der Waals surface area contributed by atoms with Gasteiger partial charge in [0.05, 0.1) is 12.7 Å². The molecule has 112 valence electrons. The number of likely N-dealkylation sites (tertiary alicyclic amines) is 1. The van der Waals surface area contributed by atoms with Crippen molar-refractivity contribution in [1.82, 2.24) is 14.7 Å². The Bertz CT molecular complexity index is 570. The van der Waals surface area contributed by atoms with Crippen LogP contribution < -0.4 is 5.73 Å². The van der Waals surface area contributed by atoms with Crippen LogP contribution >= 0.6 is 0 Å². The van der Waals surface area contributed by atoms with Crippen LogP contribution in [0.1, 0.15) is 24.0 Å². The molecule has 3 rings (SSSR count). The zero-order chi connectivity index (χ0) is 14.7. The van der Waals surface area contributed by atoms with Gasteiger partial charge in [-0.05, 0) is 43.6 Å². The predicted molar refractivity (Wildman–Crippen MR) is 80.2 cm³/mol. The molecule has 0 bridgehead atoms. The summed E-state index contributed by atoms with van der Waals surface area (Å²) in [6, 6.07) is 6.92. The summed E-state index contributed by atoms with van der Waals surface area (Å²) in [4.78, 5) is 2.42. The second-order valence-electron chi connectivity index (χ2n) is 5.79. The minimum absolute atomic E-state index is 0.205. The highest BCUT2D eigenvalue weighted by Crippen LogP contribution is 2.13. The molecule has 5 heteroatoms. The summed E-state index contributed by atoms with van der Waals surface area (Å²) in [5, 5.41) is 4.39. The highest BCUT2D eigenvalue weighted by Gasteiger charge is 2.16. The maximum atomic E-state index is 12.9. The Hall–Kier alpha value is -1.72. The summed E-state index contributed by atoms with van der Waals surface area (Å²) in [6.07, 6.45) is 6.13. The van der Waals surface area contributed by atoms with Crippen LogP contribution in [0.15, 0.2) is 36.7 Å². The normalized spacial score (nSPS) is 17.2. The Balaban J connectivity index is 1.57. The maximum Gasteiger partial charge on any atom is 0.123 e. The van der Waals surface area contributed by atoms with Gasteiger partial charge in [-0.15, -0.1) is 0 Å². The third-order valence-electron chi connectivity index (χ3n) is 3.98. The molecule has 2 aromatic rings. The lowest BCUT2D eigenvalue weighted by Gasteiger charge is -2.29. The van der Waals surface area contributed by atoms with E-state index in [4.69, 9.17) is 5.73 Å². The van der Waals surface area contributed by atoms with Crippen molar-refractivity contribution in [3.8, 4) is 0 Å². The van der Waals surface area contributed by atoms with Gasteiger partial charge in [0.25, 0.3) is 0 Å². The van der Waals surface area contributed by atoms with Gasteiger partial charge in [-0.2, -0.15) is 5.10 Å². The lowest BCUT2D eigenvalue weighted by Crippen LogP contribution is -2.39. The first kappa shape index (κ1) is 14.2. The Morgan fingerprint density at radius 1 is 1.10 bits per heavy atom. The van der Waals surface area contributed by atoms with Gasteiger partial charge in [-0.25, -0.2) is 4.39 Å². The number of halogens is 1. The monoisotopic (exact) mass is 288 g/mol. The molecule has 0 amide bonds. The molecule has 1 fully saturated rings. The molecule has 0 unspecified atom stereocenters. The number of hydrogen-bond acceptors (Lipinski definition) is 3. The first-order valence-electron chi connectivity index (χ1n) is 7.43. The van der Waals surface area contributed by atoms with Gasteiger partial charge in [0, 0.05) is 24.3 Å². The van der Waals surface area contributed by atoms with Crippen LogP contribution in [-0.4, -0.2) is 33.8 Å². The first-order valence-corrected chi connectivity index (χ1v) is 7.43. The summed E-state index contributed by atoms with van der Waals surface area (Å²) in [6.45, 7) is 3.72. The Morgan fingerprint density at radius 2 is 1.81 bits per heavy atom. The summed E-state index contributed by atoms with van der Waals surface area (Å²) >= 11 is 0. The molecule has 0 aliphatic carbocycles. The van der Waals surface area contributed by atoms with Crippen molar-refractivity contribution in [1.29, 1.82) is 0 Å². The van der Waals surface area contributed by atoms with Gasteiger partial charge >= 0.3 is 0 Å². The van der Waals surface area contributed by atoms with Crippen molar-refractivity contribution in [2.45, 2.75) is 32.0 Å².